The van der Waals surface area contributed by atoms with E-state index < -0.39 is 10.8 Å². The first-order valence-corrected chi connectivity index (χ1v) is 7.37. The lowest BCUT2D eigenvalue weighted by atomic mass is 10.1. The van der Waals surface area contributed by atoms with E-state index in [1.165, 1.54) is 0 Å². The predicted molar refractivity (Wildman–Crippen MR) is 72.9 cm³/mol. The van der Waals surface area contributed by atoms with Crippen molar-refractivity contribution in [2.45, 2.75) is 25.1 Å². The molecule has 0 amide bonds. The van der Waals surface area contributed by atoms with Gasteiger partial charge in [-0.1, -0.05) is 18.2 Å². The fourth-order valence-electron chi connectivity index (χ4n) is 1.59. The molecule has 1 rings (SSSR count). The van der Waals surface area contributed by atoms with Gasteiger partial charge < -0.3 is 10.1 Å². The highest BCUT2D eigenvalue weighted by atomic mass is 32.2. The average molecular weight is 255 g/mol. The third-order valence-electron chi connectivity index (χ3n) is 2.88. The molecule has 1 aromatic carbocycles. The maximum Gasteiger partial charge on any atom is 0.123 e. The number of benzene rings is 1. The highest BCUT2D eigenvalue weighted by Gasteiger charge is 2.12. The molecule has 0 spiro atoms. The minimum absolute atomic E-state index is 0.159. The van der Waals surface area contributed by atoms with Gasteiger partial charge in [0.15, 0.2) is 0 Å². The largest absolute Gasteiger partial charge is 0.496 e. The first kappa shape index (κ1) is 14.2. The third kappa shape index (κ3) is 4.13. The molecule has 0 aliphatic heterocycles. The Kier molecular flexibility index (Phi) is 5.65. The van der Waals surface area contributed by atoms with E-state index in [-0.39, 0.29) is 11.3 Å². The summed E-state index contributed by atoms with van der Waals surface area (Å²) in [4.78, 5) is 0. The van der Waals surface area contributed by atoms with Gasteiger partial charge in [0.25, 0.3) is 0 Å². The number of nitrogens with one attached hydrogen (secondary N) is 1. The second-order valence-corrected chi connectivity index (χ2v) is 5.98. The lowest BCUT2D eigenvalue weighted by Gasteiger charge is -2.19. The van der Waals surface area contributed by atoms with E-state index in [0.29, 0.717) is 0 Å². The molecule has 3 atom stereocenters. The standard InChI is InChI=1S/C13H21NO2S/c1-10(17(4)15)9-14-11(2)12-7-5-6-8-13(12)16-3/h5-8,10-11,14H,9H2,1-4H3. The summed E-state index contributed by atoms with van der Waals surface area (Å²) in [6, 6.07) is 8.15. The topological polar surface area (TPSA) is 38.3 Å². The molecule has 1 N–H and O–H groups in total. The Morgan fingerprint density at radius 3 is 2.59 bits per heavy atom. The van der Waals surface area contributed by atoms with Crippen molar-refractivity contribution in [3.8, 4) is 5.75 Å². The van der Waals surface area contributed by atoms with Gasteiger partial charge in [0.2, 0.25) is 0 Å². The Morgan fingerprint density at radius 1 is 1.35 bits per heavy atom. The van der Waals surface area contributed by atoms with Crippen molar-refractivity contribution in [3.05, 3.63) is 29.8 Å². The van der Waals surface area contributed by atoms with Crippen molar-refractivity contribution in [1.29, 1.82) is 0 Å². The van der Waals surface area contributed by atoms with Gasteiger partial charge in [-0.05, 0) is 19.9 Å². The van der Waals surface area contributed by atoms with Gasteiger partial charge in [-0.3, -0.25) is 4.21 Å². The predicted octanol–water partition coefficient (Wildman–Crippen LogP) is 2.11. The smallest absolute Gasteiger partial charge is 0.123 e. The molecule has 96 valence electrons. The summed E-state index contributed by atoms with van der Waals surface area (Å²) in [6.45, 7) is 4.81. The van der Waals surface area contributed by atoms with Crippen molar-refractivity contribution in [2.24, 2.45) is 0 Å². The summed E-state index contributed by atoms with van der Waals surface area (Å²) >= 11 is 0. The summed E-state index contributed by atoms with van der Waals surface area (Å²) in [5.41, 5.74) is 1.13. The molecule has 3 nitrogen and oxygen atoms in total. The van der Waals surface area contributed by atoms with Crippen LogP contribution in [0, 0.1) is 0 Å². The molecule has 4 heteroatoms. The number of methoxy groups -OCH3 is 1. The highest BCUT2D eigenvalue weighted by molar-refractivity contribution is 7.84. The van der Waals surface area contributed by atoms with Gasteiger partial charge in [-0.15, -0.1) is 0 Å². The molecular formula is C13H21NO2S. The van der Waals surface area contributed by atoms with E-state index in [2.05, 4.69) is 12.2 Å². The van der Waals surface area contributed by atoms with Crippen LogP contribution in [0.2, 0.25) is 0 Å². The van der Waals surface area contributed by atoms with E-state index in [1.807, 2.05) is 31.2 Å². The average Bonchev–Trinajstić information content (AvgIpc) is 2.35. The van der Waals surface area contributed by atoms with E-state index in [4.69, 9.17) is 4.74 Å². The molecule has 0 saturated heterocycles. The number of ether oxygens (including phenoxy) is 1. The molecule has 0 aliphatic carbocycles. The third-order valence-corrected chi connectivity index (χ3v) is 4.18. The number of para-hydroxylation sites is 1. The number of rotatable bonds is 6. The molecule has 3 unspecified atom stereocenters. The van der Waals surface area contributed by atoms with Gasteiger partial charge in [-0.2, -0.15) is 0 Å². The Bertz CT molecular complexity index is 381. The molecule has 0 bridgehead atoms. The number of hydrogen-bond acceptors (Lipinski definition) is 3. The first-order valence-electron chi connectivity index (χ1n) is 5.74. The Morgan fingerprint density at radius 2 is 2.00 bits per heavy atom. The van der Waals surface area contributed by atoms with E-state index in [9.17, 15) is 4.21 Å². The molecule has 0 aliphatic rings. The summed E-state index contributed by atoms with van der Waals surface area (Å²) in [7, 11) is 0.892. The van der Waals surface area contributed by atoms with Crippen molar-refractivity contribution in [2.75, 3.05) is 19.9 Å². The van der Waals surface area contributed by atoms with Crippen molar-refractivity contribution in [1.82, 2.24) is 5.32 Å². The second kappa shape index (κ2) is 6.77. The van der Waals surface area contributed by atoms with Crippen LogP contribution in [-0.2, 0) is 10.8 Å². The lowest BCUT2D eigenvalue weighted by molar-refractivity contribution is 0.402. The fraction of sp³-hybridized carbons (Fsp3) is 0.538. The Labute approximate surface area is 106 Å². The van der Waals surface area contributed by atoms with E-state index >= 15 is 0 Å². The van der Waals surface area contributed by atoms with Crippen LogP contribution in [-0.4, -0.2) is 29.4 Å². The Hall–Kier alpha value is -0.870. The summed E-state index contributed by atoms with van der Waals surface area (Å²) in [5.74, 6) is 0.887. The fourth-order valence-corrected chi connectivity index (χ4v) is 1.93. The molecule has 0 heterocycles. The van der Waals surface area contributed by atoms with Crippen LogP contribution in [0.25, 0.3) is 0 Å². The molecule has 0 aromatic heterocycles. The van der Waals surface area contributed by atoms with Crippen LogP contribution >= 0.6 is 0 Å². The maximum atomic E-state index is 11.3. The van der Waals surface area contributed by atoms with Gasteiger partial charge in [0, 0.05) is 40.5 Å². The van der Waals surface area contributed by atoms with Crippen LogP contribution in [0.3, 0.4) is 0 Å². The van der Waals surface area contributed by atoms with Crippen LogP contribution in [0.1, 0.15) is 25.5 Å². The van der Waals surface area contributed by atoms with Crippen LogP contribution in [0.15, 0.2) is 24.3 Å². The number of hydrogen-bond donors (Lipinski definition) is 1. The highest BCUT2D eigenvalue weighted by Crippen LogP contribution is 2.24. The summed E-state index contributed by atoms with van der Waals surface area (Å²) < 4.78 is 16.6. The van der Waals surface area contributed by atoms with E-state index in [0.717, 1.165) is 17.9 Å². The molecule has 0 radical (unpaired) electrons. The van der Waals surface area contributed by atoms with E-state index in [1.54, 1.807) is 13.4 Å². The van der Waals surface area contributed by atoms with Gasteiger partial charge in [0.05, 0.1) is 7.11 Å². The molecule has 17 heavy (non-hydrogen) atoms. The van der Waals surface area contributed by atoms with Crippen LogP contribution < -0.4 is 10.1 Å². The lowest BCUT2D eigenvalue weighted by Crippen LogP contribution is -2.29. The molecule has 1 aromatic rings. The van der Waals surface area contributed by atoms with Crippen LogP contribution in [0.5, 0.6) is 5.75 Å². The van der Waals surface area contributed by atoms with Gasteiger partial charge >= 0.3 is 0 Å². The van der Waals surface area contributed by atoms with Crippen molar-refractivity contribution in [3.63, 3.8) is 0 Å². The summed E-state index contributed by atoms with van der Waals surface area (Å²) in [6.07, 6.45) is 1.74. The van der Waals surface area contributed by atoms with Gasteiger partial charge in [0.1, 0.15) is 5.75 Å². The zero-order valence-electron chi connectivity index (χ0n) is 10.9. The monoisotopic (exact) mass is 255 g/mol. The second-order valence-electron chi connectivity index (χ2n) is 4.18. The normalized spacial score (nSPS) is 16.2. The quantitative estimate of drug-likeness (QED) is 0.846. The molecule has 0 saturated carbocycles. The zero-order chi connectivity index (χ0) is 12.8. The van der Waals surface area contributed by atoms with Gasteiger partial charge in [-0.25, -0.2) is 0 Å². The van der Waals surface area contributed by atoms with Crippen molar-refractivity contribution < 1.29 is 8.95 Å². The maximum absolute atomic E-state index is 11.3. The SMILES string of the molecule is COc1ccccc1C(C)NCC(C)S(C)=O. The Balaban J connectivity index is 2.63. The zero-order valence-corrected chi connectivity index (χ0v) is 11.7. The molecular weight excluding hydrogens is 234 g/mol. The minimum atomic E-state index is -0.784. The first-order chi connectivity index (χ1) is 8.06. The molecule has 0 fully saturated rings. The minimum Gasteiger partial charge on any atom is -0.496 e. The summed E-state index contributed by atoms with van der Waals surface area (Å²) in [5, 5.41) is 3.54. The van der Waals surface area contributed by atoms with Crippen molar-refractivity contribution >= 4 is 10.8 Å². The van der Waals surface area contributed by atoms with Crippen LogP contribution in [0.4, 0.5) is 0 Å².